The molecule has 9 heteroatoms. The minimum atomic E-state index is -2.33. The van der Waals surface area contributed by atoms with Crippen LogP contribution in [0.15, 0.2) is 0 Å². The molecule has 0 radical (unpaired) electrons. The summed E-state index contributed by atoms with van der Waals surface area (Å²) in [5.41, 5.74) is 0. The minimum absolute atomic E-state index is 0. The standard InChI is InChI=1S/CH2O3.Ni.5H2O/c2-1(3)4;;;;;;/h(H2,2,3,4);;5*1H2/q;+2;;;;;/p-3. The van der Waals surface area contributed by atoms with Gasteiger partial charge < -0.3 is 42.4 Å². The van der Waals surface area contributed by atoms with Crippen molar-refractivity contribution >= 4 is 6.16 Å². The average molecular weight is 208 g/mol. The maximum absolute atomic E-state index is 8.33. The van der Waals surface area contributed by atoms with Crippen LogP contribution in [0.4, 0.5) is 4.79 Å². The summed E-state index contributed by atoms with van der Waals surface area (Å²) < 4.78 is 0. The zero-order chi connectivity index (χ0) is 3.58. The molecule has 0 saturated carbocycles. The molecule has 0 heterocycles. The Labute approximate surface area is 65.9 Å². The fourth-order valence-electron chi connectivity index (χ4n) is 0. The van der Waals surface area contributed by atoms with E-state index in [2.05, 4.69) is 0 Å². The molecule has 0 saturated heterocycles. The fourth-order valence-corrected chi connectivity index (χ4v) is 0. The number of rotatable bonds is 0. The summed E-state index contributed by atoms with van der Waals surface area (Å²) >= 11 is 0. The molecule has 0 fully saturated rings. The fraction of sp³-hybridized carbons (Fsp3) is 0. The van der Waals surface area contributed by atoms with Crippen LogP contribution in [0, 0.1) is 0 Å². The minimum Gasteiger partial charge on any atom is -0.870 e. The van der Waals surface area contributed by atoms with Crippen molar-refractivity contribution in [1.82, 2.24) is 0 Å². The van der Waals surface area contributed by atoms with Crippen molar-refractivity contribution in [3.05, 3.63) is 0 Å². The van der Waals surface area contributed by atoms with Gasteiger partial charge in [0.15, 0.2) is 0 Å². The smallest absolute Gasteiger partial charge is 0.870 e. The quantitative estimate of drug-likeness (QED) is 0.354. The molecule has 0 aromatic heterocycles. The molecule has 0 amide bonds. The van der Waals surface area contributed by atoms with E-state index >= 15 is 0 Å². The second-order valence-corrected chi connectivity index (χ2v) is 0.250. The zero-order valence-corrected chi connectivity index (χ0v) is 5.48. The summed E-state index contributed by atoms with van der Waals surface area (Å²) in [6, 6.07) is 0. The van der Waals surface area contributed by atoms with E-state index in [0.717, 1.165) is 0 Å². The van der Waals surface area contributed by atoms with Gasteiger partial charge in [-0.3, -0.25) is 0 Å². The van der Waals surface area contributed by atoms with Crippen LogP contribution in [-0.4, -0.2) is 33.5 Å². The van der Waals surface area contributed by atoms with Gasteiger partial charge in [0.2, 0.25) is 0 Å². The Hall–Kier alpha value is -0.436. The van der Waals surface area contributed by atoms with Gasteiger partial charge in [0, 0.05) is 0 Å². The van der Waals surface area contributed by atoms with E-state index in [0.29, 0.717) is 0 Å². The van der Waals surface area contributed by atoms with Crippen molar-refractivity contribution in [1.29, 1.82) is 0 Å². The Morgan fingerprint density at radius 3 is 0.900 bits per heavy atom. The largest absolute Gasteiger partial charge is 2.00 e. The molecular weight excluding hydrogens is 199 g/mol. The van der Waals surface area contributed by atoms with Crippen LogP contribution in [0.25, 0.3) is 0 Å². The summed E-state index contributed by atoms with van der Waals surface area (Å²) in [5.74, 6) is 0. The number of carbonyl (C=O) groups is 1. The Balaban J connectivity index is -0.00000000300. The van der Waals surface area contributed by atoms with E-state index in [9.17, 15) is 0 Å². The van der Waals surface area contributed by atoms with E-state index < -0.39 is 6.16 Å². The molecule has 0 aliphatic rings. The van der Waals surface area contributed by atoms with Gasteiger partial charge in [0.05, 0.1) is 0 Å². The van der Waals surface area contributed by atoms with Gasteiger partial charge in [-0.1, -0.05) is 0 Å². The Morgan fingerprint density at radius 1 is 0.900 bits per heavy atom. The van der Waals surface area contributed by atoms with Crippen molar-refractivity contribution in [3.63, 3.8) is 0 Å². The van der Waals surface area contributed by atoms with Gasteiger partial charge in [-0.25, -0.2) is 0 Å². The normalized spacial score (nSPS) is 2.40. The van der Waals surface area contributed by atoms with E-state index in [1.807, 2.05) is 0 Å². The van der Waals surface area contributed by atoms with Crippen LogP contribution in [0.5, 0.6) is 0 Å². The molecule has 10 heavy (non-hydrogen) atoms. The Morgan fingerprint density at radius 2 is 0.900 bits per heavy atom. The molecule has 8 nitrogen and oxygen atoms in total. The van der Waals surface area contributed by atoms with Gasteiger partial charge in [0.1, 0.15) is 0 Å². The third kappa shape index (κ3) is 1710. The van der Waals surface area contributed by atoms with Gasteiger partial charge in [0.25, 0.3) is 0 Å². The third-order valence-electron chi connectivity index (χ3n) is 0. The monoisotopic (exact) mass is 207 g/mol. The molecule has 0 rings (SSSR count). The second kappa shape index (κ2) is 74.5. The molecule has 9 N–H and O–H groups in total. The first kappa shape index (κ1) is 107. The van der Waals surface area contributed by atoms with E-state index in [1.54, 1.807) is 0 Å². The van der Waals surface area contributed by atoms with Crippen LogP contribution in [0.1, 0.15) is 0 Å². The van der Waals surface area contributed by atoms with Crippen LogP contribution in [0.3, 0.4) is 0 Å². The first-order valence-electron chi connectivity index (χ1n) is 0.612. The number of carbonyl (C=O) groups excluding carboxylic acids is 1. The van der Waals surface area contributed by atoms with Crippen molar-refractivity contribution in [2.75, 3.05) is 0 Å². The topological polar surface area (TPSA) is 219 Å². The molecule has 0 bridgehead atoms. The first-order valence-corrected chi connectivity index (χ1v) is 0.612. The molecule has 0 aliphatic heterocycles. The average Bonchev–Trinajstić information content (AvgIpc) is 0.811. The van der Waals surface area contributed by atoms with Gasteiger partial charge in [-0.15, -0.1) is 0 Å². The molecule has 0 aliphatic carbocycles. The number of carboxylic acid groups (broad SMARTS) is 2. The van der Waals surface area contributed by atoms with E-state index in [-0.39, 0.29) is 43.9 Å². The molecular formula is CH9NiO8-. The summed E-state index contributed by atoms with van der Waals surface area (Å²) in [6.07, 6.45) is -2.33. The van der Waals surface area contributed by atoms with Crippen LogP contribution >= 0.6 is 0 Å². The Kier molecular flexibility index (Phi) is 796. The van der Waals surface area contributed by atoms with Crippen molar-refractivity contribution in [3.8, 4) is 0 Å². The number of hydrogen-bond donors (Lipinski definition) is 0. The van der Waals surface area contributed by atoms with Gasteiger partial charge in [-0.2, -0.15) is 0 Å². The van der Waals surface area contributed by atoms with Crippen LogP contribution in [0.2, 0.25) is 0 Å². The summed E-state index contributed by atoms with van der Waals surface area (Å²) in [7, 11) is 0. The van der Waals surface area contributed by atoms with Crippen molar-refractivity contribution in [2.45, 2.75) is 0 Å². The first-order chi connectivity index (χ1) is 1.73. The molecule has 0 aromatic carbocycles. The summed E-state index contributed by atoms with van der Waals surface area (Å²) in [5, 5.41) is 16.7. The van der Waals surface area contributed by atoms with Gasteiger partial charge >= 0.3 is 16.5 Å². The van der Waals surface area contributed by atoms with Crippen LogP contribution < -0.4 is 10.2 Å². The molecule has 0 unspecified atom stereocenters. The van der Waals surface area contributed by atoms with Gasteiger partial charge in [-0.05, 0) is 6.16 Å². The van der Waals surface area contributed by atoms with E-state index in [1.165, 1.54) is 0 Å². The van der Waals surface area contributed by atoms with Crippen molar-refractivity contribution < 1.29 is 58.9 Å². The Bertz CT molecular complexity index is 32.2. The van der Waals surface area contributed by atoms with Crippen LogP contribution in [-0.2, 0) is 16.5 Å². The summed E-state index contributed by atoms with van der Waals surface area (Å²) in [6.45, 7) is 0. The van der Waals surface area contributed by atoms with E-state index in [4.69, 9.17) is 15.0 Å². The summed E-state index contributed by atoms with van der Waals surface area (Å²) in [4.78, 5) is 8.33. The molecule has 72 valence electrons. The van der Waals surface area contributed by atoms with Crippen molar-refractivity contribution in [2.24, 2.45) is 0 Å². The SMILES string of the molecule is O.O.O.O.O=C([O-])[O-].[Ni+2].[OH-]. The molecule has 0 spiro atoms. The third-order valence-corrected chi connectivity index (χ3v) is 0. The maximum atomic E-state index is 8.33. The number of hydrogen-bond acceptors (Lipinski definition) is 4. The predicted octanol–water partition coefficient (Wildman–Crippen LogP) is -5.93. The zero-order valence-electron chi connectivity index (χ0n) is 4.49. The maximum Gasteiger partial charge on any atom is 2.00 e. The second-order valence-electron chi connectivity index (χ2n) is 0.250. The molecule has 0 atom stereocenters. The molecule has 0 aromatic rings. The predicted molar refractivity (Wildman–Crippen MR) is 21.8 cm³/mol.